The van der Waals surface area contributed by atoms with Gasteiger partial charge in [-0.05, 0) is 44.5 Å². The van der Waals surface area contributed by atoms with Crippen molar-refractivity contribution in [2.45, 2.75) is 20.0 Å². The monoisotopic (exact) mass is 183 g/mol. The van der Waals surface area contributed by atoms with Gasteiger partial charge in [-0.3, -0.25) is 0 Å². The third-order valence-electron chi connectivity index (χ3n) is 1.30. The summed E-state index contributed by atoms with van der Waals surface area (Å²) >= 11 is 5.81. The van der Waals surface area contributed by atoms with Gasteiger partial charge in [0.05, 0.1) is 6.10 Å². The van der Waals surface area contributed by atoms with Crippen LogP contribution in [0.3, 0.4) is 0 Å². The zero-order valence-corrected chi connectivity index (χ0v) is 8.06. The van der Waals surface area contributed by atoms with E-state index in [1.54, 1.807) is 12.1 Å². The quantitative estimate of drug-likeness (QED) is 0.684. The summed E-state index contributed by atoms with van der Waals surface area (Å²) in [7, 11) is 0. The Balaban J connectivity index is 2.85. The highest BCUT2D eigenvalue weighted by molar-refractivity contribution is 6.30. The van der Waals surface area contributed by atoms with Crippen molar-refractivity contribution in [2.24, 2.45) is 0 Å². The third kappa shape index (κ3) is 2.74. The maximum atomic E-state index is 5.81. The van der Waals surface area contributed by atoms with Crippen molar-refractivity contribution in [3.8, 4) is 5.75 Å². The van der Waals surface area contributed by atoms with Gasteiger partial charge in [-0.15, -0.1) is 0 Å². The summed E-state index contributed by atoms with van der Waals surface area (Å²) in [4.78, 5) is 0. The van der Waals surface area contributed by atoms with Crippen LogP contribution >= 0.6 is 11.6 Å². The summed E-state index contributed by atoms with van der Waals surface area (Å²) in [5.41, 5.74) is 0.873. The summed E-state index contributed by atoms with van der Waals surface area (Å²) < 4.78 is 5.45. The predicted octanol–water partition coefficient (Wildman–Crippen LogP) is 3.31. The standard InChI is InChI=1S/C10H12ClO/c1-7(2)12-10-5-8(3)4-9(11)6-10/h4-7H,3H2,1-2H3. The zero-order valence-electron chi connectivity index (χ0n) is 7.30. The Morgan fingerprint density at radius 3 is 2.50 bits per heavy atom. The van der Waals surface area contributed by atoms with E-state index in [1.807, 2.05) is 19.9 Å². The molecule has 0 aromatic heterocycles. The number of halogens is 1. The van der Waals surface area contributed by atoms with E-state index in [9.17, 15) is 0 Å². The molecule has 0 fully saturated rings. The number of benzene rings is 1. The molecule has 0 aliphatic heterocycles. The fourth-order valence-corrected chi connectivity index (χ4v) is 1.21. The zero-order chi connectivity index (χ0) is 9.14. The lowest BCUT2D eigenvalue weighted by molar-refractivity contribution is 0.242. The maximum absolute atomic E-state index is 5.81. The van der Waals surface area contributed by atoms with Crippen LogP contribution in [0.4, 0.5) is 0 Å². The van der Waals surface area contributed by atoms with Gasteiger partial charge in [-0.1, -0.05) is 11.6 Å². The van der Waals surface area contributed by atoms with Crippen molar-refractivity contribution in [3.05, 3.63) is 35.7 Å². The van der Waals surface area contributed by atoms with E-state index in [2.05, 4.69) is 6.92 Å². The van der Waals surface area contributed by atoms with Gasteiger partial charge in [0, 0.05) is 5.02 Å². The Kier molecular flexibility index (Phi) is 2.99. The smallest absolute Gasteiger partial charge is 0.121 e. The molecule has 1 aromatic rings. The Hall–Kier alpha value is -0.690. The van der Waals surface area contributed by atoms with Crippen LogP contribution in [-0.4, -0.2) is 6.10 Å². The molecule has 0 N–H and O–H groups in total. The van der Waals surface area contributed by atoms with E-state index in [-0.39, 0.29) is 6.10 Å². The molecule has 1 radical (unpaired) electrons. The van der Waals surface area contributed by atoms with Crippen LogP contribution in [-0.2, 0) is 0 Å². The van der Waals surface area contributed by atoms with Gasteiger partial charge in [-0.25, -0.2) is 0 Å². The minimum absolute atomic E-state index is 0.169. The third-order valence-corrected chi connectivity index (χ3v) is 1.52. The average Bonchev–Trinajstić information content (AvgIpc) is 1.81. The summed E-state index contributed by atoms with van der Waals surface area (Å²) in [5.74, 6) is 0.780. The molecule has 1 aromatic carbocycles. The van der Waals surface area contributed by atoms with Gasteiger partial charge in [0.1, 0.15) is 5.75 Å². The molecule has 0 atom stereocenters. The minimum atomic E-state index is 0.169. The Morgan fingerprint density at radius 1 is 1.33 bits per heavy atom. The first-order chi connectivity index (χ1) is 5.58. The van der Waals surface area contributed by atoms with Crippen LogP contribution in [0, 0.1) is 6.92 Å². The van der Waals surface area contributed by atoms with E-state index in [1.165, 1.54) is 0 Å². The van der Waals surface area contributed by atoms with Crippen molar-refractivity contribution in [2.75, 3.05) is 0 Å². The second-order valence-corrected chi connectivity index (χ2v) is 3.40. The summed E-state index contributed by atoms with van der Waals surface area (Å²) in [6, 6.07) is 5.46. The highest BCUT2D eigenvalue weighted by atomic mass is 35.5. The van der Waals surface area contributed by atoms with Crippen molar-refractivity contribution in [3.63, 3.8) is 0 Å². The number of hydrogen-bond donors (Lipinski definition) is 0. The molecule has 0 bridgehead atoms. The summed E-state index contributed by atoms with van der Waals surface area (Å²) in [5, 5.41) is 0.665. The summed E-state index contributed by atoms with van der Waals surface area (Å²) in [6.45, 7) is 7.74. The first kappa shape index (κ1) is 9.40. The molecule has 1 rings (SSSR count). The average molecular weight is 184 g/mol. The fourth-order valence-electron chi connectivity index (χ4n) is 0.961. The Bertz CT molecular complexity index is 248. The van der Waals surface area contributed by atoms with Crippen LogP contribution in [0.25, 0.3) is 0 Å². The van der Waals surface area contributed by atoms with E-state index in [4.69, 9.17) is 16.3 Å². The lowest BCUT2D eigenvalue weighted by Gasteiger charge is -2.10. The van der Waals surface area contributed by atoms with Crippen LogP contribution < -0.4 is 4.74 Å². The topological polar surface area (TPSA) is 9.23 Å². The van der Waals surface area contributed by atoms with E-state index in [0.29, 0.717) is 5.02 Å². The molecule has 0 saturated heterocycles. The minimum Gasteiger partial charge on any atom is -0.491 e. The molecule has 2 heteroatoms. The van der Waals surface area contributed by atoms with Gasteiger partial charge in [0.2, 0.25) is 0 Å². The molecule has 0 saturated carbocycles. The lowest BCUT2D eigenvalue weighted by atomic mass is 10.2. The van der Waals surface area contributed by atoms with E-state index >= 15 is 0 Å². The van der Waals surface area contributed by atoms with Gasteiger partial charge in [0.25, 0.3) is 0 Å². The summed E-state index contributed by atoms with van der Waals surface area (Å²) in [6.07, 6.45) is 0.169. The van der Waals surface area contributed by atoms with Gasteiger partial charge in [0.15, 0.2) is 0 Å². The highest BCUT2D eigenvalue weighted by Gasteiger charge is 1.99. The molecule has 0 unspecified atom stereocenters. The number of ether oxygens (including phenoxy) is 1. The predicted molar refractivity (Wildman–Crippen MR) is 51.7 cm³/mol. The second-order valence-electron chi connectivity index (χ2n) is 2.96. The molecule has 0 heterocycles. The van der Waals surface area contributed by atoms with Gasteiger partial charge < -0.3 is 4.74 Å². The van der Waals surface area contributed by atoms with E-state index < -0.39 is 0 Å². The van der Waals surface area contributed by atoms with E-state index in [0.717, 1.165) is 11.3 Å². The van der Waals surface area contributed by atoms with Crippen LogP contribution in [0.5, 0.6) is 5.75 Å². The SMILES string of the molecule is [CH2]c1cc(Cl)cc(OC(C)C)c1. The second kappa shape index (κ2) is 3.81. The van der Waals surface area contributed by atoms with Crippen molar-refractivity contribution in [1.82, 2.24) is 0 Å². The van der Waals surface area contributed by atoms with Crippen molar-refractivity contribution < 1.29 is 4.74 Å². The highest BCUT2D eigenvalue weighted by Crippen LogP contribution is 2.21. The first-order valence-electron chi connectivity index (χ1n) is 3.87. The molecular formula is C10H12ClO. The largest absolute Gasteiger partial charge is 0.491 e. The van der Waals surface area contributed by atoms with Gasteiger partial charge in [-0.2, -0.15) is 0 Å². The Labute approximate surface area is 78.3 Å². The molecule has 65 valence electrons. The molecule has 12 heavy (non-hydrogen) atoms. The number of rotatable bonds is 2. The molecule has 0 aliphatic carbocycles. The normalized spacial score (nSPS) is 10.4. The Morgan fingerprint density at radius 2 is 2.00 bits per heavy atom. The van der Waals surface area contributed by atoms with Crippen molar-refractivity contribution in [1.29, 1.82) is 0 Å². The van der Waals surface area contributed by atoms with Crippen LogP contribution in [0.2, 0.25) is 5.02 Å². The molecule has 0 spiro atoms. The molecule has 0 amide bonds. The van der Waals surface area contributed by atoms with Gasteiger partial charge >= 0.3 is 0 Å². The lowest BCUT2D eigenvalue weighted by Crippen LogP contribution is -2.05. The maximum Gasteiger partial charge on any atom is 0.121 e. The molecular weight excluding hydrogens is 172 g/mol. The van der Waals surface area contributed by atoms with Crippen LogP contribution in [0.15, 0.2) is 18.2 Å². The number of hydrogen-bond acceptors (Lipinski definition) is 1. The van der Waals surface area contributed by atoms with Crippen molar-refractivity contribution >= 4 is 11.6 Å². The first-order valence-corrected chi connectivity index (χ1v) is 4.25. The molecule has 0 aliphatic rings. The fraction of sp³-hybridized carbons (Fsp3) is 0.300. The van der Waals surface area contributed by atoms with Crippen LogP contribution in [0.1, 0.15) is 19.4 Å². The molecule has 1 nitrogen and oxygen atoms in total.